The highest BCUT2D eigenvalue weighted by molar-refractivity contribution is 7.80. The predicted molar refractivity (Wildman–Crippen MR) is 125 cm³/mol. The fourth-order valence-corrected chi connectivity index (χ4v) is 5.35. The SMILES string of the molecule is COc1ccc(C(=O)N2Cc3nc(-c4cccs4)cc(-c4cccs4)c3C2=S)cc1. The minimum absolute atomic E-state index is 0.129. The second-order valence-electron chi connectivity index (χ2n) is 6.76. The Kier molecular flexibility index (Phi) is 4.94. The van der Waals surface area contributed by atoms with E-state index in [9.17, 15) is 4.79 Å². The van der Waals surface area contributed by atoms with Gasteiger partial charge in [-0.15, -0.1) is 22.7 Å². The zero-order valence-corrected chi connectivity index (χ0v) is 18.4. The van der Waals surface area contributed by atoms with E-state index in [1.807, 2.05) is 22.9 Å². The molecule has 0 N–H and O–H groups in total. The van der Waals surface area contributed by atoms with Crippen molar-refractivity contribution >= 4 is 45.8 Å². The molecule has 0 radical (unpaired) electrons. The van der Waals surface area contributed by atoms with E-state index in [0.29, 0.717) is 22.8 Å². The van der Waals surface area contributed by atoms with Crippen molar-refractivity contribution in [1.29, 1.82) is 0 Å². The Labute approximate surface area is 187 Å². The zero-order valence-electron chi connectivity index (χ0n) is 16.0. The summed E-state index contributed by atoms with van der Waals surface area (Å²) in [5.41, 5.74) is 4.25. The molecule has 5 rings (SSSR count). The fraction of sp³-hybridized carbons (Fsp3) is 0.0870. The zero-order chi connectivity index (χ0) is 20.7. The Bertz CT molecular complexity index is 1230. The monoisotopic (exact) mass is 448 g/mol. The number of hydrogen-bond donors (Lipinski definition) is 0. The molecule has 0 aliphatic carbocycles. The third-order valence-electron chi connectivity index (χ3n) is 5.00. The van der Waals surface area contributed by atoms with Crippen LogP contribution in [-0.2, 0) is 6.54 Å². The first-order chi connectivity index (χ1) is 14.7. The first-order valence-electron chi connectivity index (χ1n) is 9.27. The van der Waals surface area contributed by atoms with Crippen molar-refractivity contribution in [1.82, 2.24) is 9.88 Å². The second kappa shape index (κ2) is 7.75. The second-order valence-corrected chi connectivity index (χ2v) is 9.04. The first kappa shape index (κ1) is 19.1. The lowest BCUT2D eigenvalue weighted by Gasteiger charge is -2.16. The van der Waals surface area contributed by atoms with E-state index in [-0.39, 0.29) is 5.91 Å². The predicted octanol–water partition coefficient (Wildman–Crippen LogP) is 5.88. The molecule has 0 saturated carbocycles. The largest absolute Gasteiger partial charge is 0.497 e. The molecule has 30 heavy (non-hydrogen) atoms. The maximum Gasteiger partial charge on any atom is 0.259 e. The number of aromatic nitrogens is 1. The Balaban J connectivity index is 1.57. The number of hydrogen-bond acceptors (Lipinski definition) is 6. The molecule has 7 heteroatoms. The number of benzene rings is 1. The topological polar surface area (TPSA) is 42.4 Å². The lowest BCUT2D eigenvalue weighted by atomic mass is 10.0. The van der Waals surface area contributed by atoms with Gasteiger partial charge in [0.05, 0.1) is 29.9 Å². The molecule has 148 valence electrons. The molecule has 0 unspecified atom stereocenters. The van der Waals surface area contributed by atoms with Crippen LogP contribution in [0, 0.1) is 0 Å². The van der Waals surface area contributed by atoms with Gasteiger partial charge in [-0.05, 0) is 53.2 Å². The van der Waals surface area contributed by atoms with Crippen LogP contribution in [0.25, 0.3) is 21.0 Å². The average molecular weight is 449 g/mol. The summed E-state index contributed by atoms with van der Waals surface area (Å²) in [4.78, 5) is 22.5. The van der Waals surface area contributed by atoms with Crippen LogP contribution >= 0.6 is 34.9 Å². The molecule has 0 saturated heterocycles. The van der Waals surface area contributed by atoms with E-state index >= 15 is 0 Å². The van der Waals surface area contributed by atoms with Gasteiger partial charge in [-0.3, -0.25) is 9.69 Å². The van der Waals surface area contributed by atoms with Crippen LogP contribution in [0.15, 0.2) is 65.4 Å². The molecular weight excluding hydrogens is 432 g/mol. The summed E-state index contributed by atoms with van der Waals surface area (Å²) in [5.74, 6) is 0.580. The van der Waals surface area contributed by atoms with E-state index < -0.39 is 0 Å². The molecule has 4 aromatic rings. The summed E-state index contributed by atoms with van der Waals surface area (Å²) >= 11 is 9.08. The number of amides is 1. The summed E-state index contributed by atoms with van der Waals surface area (Å²) < 4.78 is 5.19. The summed E-state index contributed by atoms with van der Waals surface area (Å²) in [6.07, 6.45) is 0. The van der Waals surface area contributed by atoms with Crippen molar-refractivity contribution < 1.29 is 9.53 Å². The molecule has 0 fully saturated rings. The number of nitrogens with zero attached hydrogens (tertiary/aromatic N) is 2. The molecule has 1 amide bonds. The Morgan fingerprint density at radius 3 is 2.40 bits per heavy atom. The molecule has 0 bridgehead atoms. The fourth-order valence-electron chi connectivity index (χ4n) is 3.54. The molecule has 4 heterocycles. The molecular formula is C23H16N2O2S3. The number of carbonyl (C=O) groups excluding carboxylic acids is 1. The summed E-state index contributed by atoms with van der Waals surface area (Å²) in [7, 11) is 1.60. The highest BCUT2D eigenvalue weighted by Crippen LogP contribution is 2.38. The number of carbonyl (C=O) groups is 1. The Morgan fingerprint density at radius 2 is 1.77 bits per heavy atom. The van der Waals surface area contributed by atoms with E-state index in [2.05, 4.69) is 18.2 Å². The lowest BCUT2D eigenvalue weighted by molar-refractivity contribution is 0.0847. The third kappa shape index (κ3) is 3.25. The molecule has 0 atom stereocenters. The van der Waals surface area contributed by atoms with Crippen molar-refractivity contribution in [2.24, 2.45) is 0 Å². The number of thiophene rings is 2. The van der Waals surface area contributed by atoms with E-state index in [1.165, 1.54) is 0 Å². The smallest absolute Gasteiger partial charge is 0.259 e. The summed E-state index contributed by atoms with van der Waals surface area (Å²) in [5, 5.41) is 4.09. The van der Waals surface area contributed by atoms with Crippen LogP contribution in [0.4, 0.5) is 0 Å². The van der Waals surface area contributed by atoms with Crippen LogP contribution in [-0.4, -0.2) is 27.9 Å². The maximum atomic E-state index is 13.2. The number of ether oxygens (including phenoxy) is 1. The van der Waals surface area contributed by atoms with Gasteiger partial charge in [-0.25, -0.2) is 4.98 Å². The average Bonchev–Trinajstić information content (AvgIpc) is 3.54. The minimum atomic E-state index is -0.129. The number of methoxy groups -OCH3 is 1. The standard InChI is InChI=1S/C23H16N2O2S3/c1-27-15-8-6-14(7-9-15)22(26)25-13-18-21(23(25)28)16(19-4-2-10-29-19)12-17(24-18)20-5-3-11-30-20/h2-12H,13H2,1H3. The summed E-state index contributed by atoms with van der Waals surface area (Å²) in [6, 6.07) is 17.4. The molecule has 4 nitrogen and oxygen atoms in total. The van der Waals surface area contributed by atoms with Crippen LogP contribution in [0.5, 0.6) is 5.75 Å². The highest BCUT2D eigenvalue weighted by Gasteiger charge is 2.34. The van der Waals surface area contributed by atoms with Gasteiger partial charge in [0.25, 0.3) is 5.91 Å². The number of pyridine rings is 1. The maximum absolute atomic E-state index is 13.2. The van der Waals surface area contributed by atoms with Crippen molar-refractivity contribution in [2.45, 2.75) is 6.54 Å². The van der Waals surface area contributed by atoms with Crippen molar-refractivity contribution in [3.8, 4) is 26.8 Å². The van der Waals surface area contributed by atoms with E-state index in [0.717, 1.165) is 32.3 Å². The van der Waals surface area contributed by atoms with Crippen LogP contribution < -0.4 is 4.74 Å². The summed E-state index contributed by atoms with van der Waals surface area (Å²) in [6.45, 7) is 0.372. The van der Waals surface area contributed by atoms with Crippen LogP contribution in [0.3, 0.4) is 0 Å². The van der Waals surface area contributed by atoms with Gasteiger partial charge in [-0.2, -0.15) is 0 Å². The third-order valence-corrected chi connectivity index (χ3v) is 7.22. The van der Waals surface area contributed by atoms with Gasteiger partial charge < -0.3 is 4.74 Å². The van der Waals surface area contributed by atoms with Gasteiger partial charge in [0.2, 0.25) is 0 Å². The first-order valence-corrected chi connectivity index (χ1v) is 11.4. The van der Waals surface area contributed by atoms with Crippen molar-refractivity contribution in [3.05, 3.63) is 82.2 Å². The molecule has 1 aromatic carbocycles. The molecule has 0 spiro atoms. The quantitative estimate of drug-likeness (QED) is 0.366. The number of thiocarbonyl (C=S) groups is 1. The van der Waals surface area contributed by atoms with Gasteiger partial charge in [0, 0.05) is 21.6 Å². The van der Waals surface area contributed by atoms with E-state index in [4.69, 9.17) is 21.9 Å². The molecule has 3 aromatic heterocycles. The van der Waals surface area contributed by atoms with Crippen molar-refractivity contribution in [3.63, 3.8) is 0 Å². The van der Waals surface area contributed by atoms with Gasteiger partial charge in [0.1, 0.15) is 10.7 Å². The number of rotatable bonds is 4. The van der Waals surface area contributed by atoms with Crippen LogP contribution in [0.1, 0.15) is 21.6 Å². The minimum Gasteiger partial charge on any atom is -0.497 e. The van der Waals surface area contributed by atoms with Gasteiger partial charge in [-0.1, -0.05) is 24.4 Å². The Hall–Kier alpha value is -2.87. The normalized spacial score (nSPS) is 12.8. The van der Waals surface area contributed by atoms with Gasteiger partial charge in [0.15, 0.2) is 0 Å². The molecule has 1 aliphatic rings. The molecule has 1 aliphatic heterocycles. The van der Waals surface area contributed by atoms with Crippen LogP contribution in [0.2, 0.25) is 0 Å². The van der Waals surface area contributed by atoms with E-state index in [1.54, 1.807) is 58.9 Å². The highest BCUT2D eigenvalue weighted by atomic mass is 32.1. The number of fused-ring (bicyclic) bond motifs is 1. The van der Waals surface area contributed by atoms with Crippen molar-refractivity contribution in [2.75, 3.05) is 7.11 Å². The Morgan fingerprint density at radius 1 is 1.07 bits per heavy atom. The van der Waals surface area contributed by atoms with Gasteiger partial charge >= 0.3 is 0 Å². The lowest BCUT2D eigenvalue weighted by Crippen LogP contribution is -2.30.